The number of primary amides is 1. The second kappa shape index (κ2) is 8.89. The van der Waals surface area contributed by atoms with Crippen LogP contribution in [0.4, 0.5) is 11.5 Å². The number of H-pyrrole nitrogens is 1. The highest BCUT2D eigenvalue weighted by Gasteiger charge is 2.33. The summed E-state index contributed by atoms with van der Waals surface area (Å²) in [5.41, 5.74) is 6.76. The van der Waals surface area contributed by atoms with Gasteiger partial charge in [0, 0.05) is 55.7 Å². The smallest absolute Gasteiger partial charge is 0.261 e. The van der Waals surface area contributed by atoms with Crippen molar-refractivity contribution in [2.75, 3.05) is 36.5 Å². The monoisotopic (exact) mass is 424 g/mol. The standard InChI is InChI=1S/C22H28N6O3/c1-13-11-28(16-4-2-14(3-5-16)19(24)29)12-18(13)21-26-20(17(10-23)22(30)27-21)25-15-6-8-31-9-7-15/h2-5,10,13,15,18,23H,6-9,11-12H2,1H3,(H2,24,29)(H2,25,26,27,30). The molecule has 2 unspecified atom stereocenters. The number of aromatic nitrogens is 2. The molecule has 1 aromatic carbocycles. The third-order valence-electron chi connectivity index (χ3n) is 6.16. The molecular formula is C22H28N6O3. The number of nitrogens with zero attached hydrogens (tertiary/aromatic N) is 2. The van der Waals surface area contributed by atoms with E-state index in [4.69, 9.17) is 20.9 Å². The van der Waals surface area contributed by atoms with Crippen LogP contribution >= 0.6 is 0 Å². The molecule has 0 bridgehead atoms. The number of nitrogens with one attached hydrogen (secondary N) is 3. The van der Waals surface area contributed by atoms with Crippen molar-refractivity contribution in [2.45, 2.75) is 31.7 Å². The zero-order chi connectivity index (χ0) is 22.0. The van der Waals surface area contributed by atoms with Crippen LogP contribution in [0.25, 0.3) is 0 Å². The molecule has 2 saturated heterocycles. The molecule has 1 amide bonds. The van der Waals surface area contributed by atoms with Gasteiger partial charge in [-0.3, -0.25) is 9.59 Å². The number of nitrogens with two attached hydrogens (primary N) is 1. The zero-order valence-electron chi connectivity index (χ0n) is 17.6. The van der Waals surface area contributed by atoms with Crippen LogP contribution in [0.15, 0.2) is 29.1 Å². The van der Waals surface area contributed by atoms with Gasteiger partial charge >= 0.3 is 0 Å². The van der Waals surface area contributed by atoms with Gasteiger partial charge in [-0.15, -0.1) is 0 Å². The van der Waals surface area contributed by atoms with Gasteiger partial charge in [0.15, 0.2) is 0 Å². The molecule has 0 aliphatic carbocycles. The Labute approximate surface area is 180 Å². The lowest BCUT2D eigenvalue weighted by Gasteiger charge is -2.25. The highest BCUT2D eigenvalue weighted by atomic mass is 16.5. The SMILES string of the molecule is CC1CN(c2ccc(C(N)=O)cc2)CC1c1nc(NC2CCOCC2)c(C=N)c(=O)[nH]1. The van der Waals surface area contributed by atoms with Crippen molar-refractivity contribution in [3.63, 3.8) is 0 Å². The van der Waals surface area contributed by atoms with E-state index < -0.39 is 5.91 Å². The molecule has 0 saturated carbocycles. The van der Waals surface area contributed by atoms with Crippen molar-refractivity contribution in [1.29, 1.82) is 5.41 Å². The van der Waals surface area contributed by atoms with Crippen molar-refractivity contribution in [1.82, 2.24) is 9.97 Å². The second-order valence-corrected chi connectivity index (χ2v) is 8.29. The van der Waals surface area contributed by atoms with Gasteiger partial charge in [0.1, 0.15) is 11.6 Å². The number of rotatable bonds is 6. The van der Waals surface area contributed by atoms with E-state index in [1.54, 1.807) is 12.1 Å². The Hall–Kier alpha value is -3.20. The Morgan fingerprint density at radius 3 is 2.65 bits per heavy atom. The molecule has 5 N–H and O–H groups in total. The maximum Gasteiger partial charge on any atom is 0.261 e. The molecule has 4 rings (SSSR count). The van der Waals surface area contributed by atoms with Gasteiger partial charge < -0.3 is 31.1 Å². The molecular weight excluding hydrogens is 396 g/mol. The fourth-order valence-electron chi connectivity index (χ4n) is 4.32. The Bertz CT molecular complexity index is 1010. The molecule has 2 aromatic rings. The summed E-state index contributed by atoms with van der Waals surface area (Å²) in [5, 5.41) is 11.0. The topological polar surface area (TPSA) is 137 Å². The van der Waals surface area contributed by atoms with Crippen LogP contribution in [-0.4, -0.2) is 54.4 Å². The van der Waals surface area contributed by atoms with Crippen LogP contribution in [0.2, 0.25) is 0 Å². The molecule has 9 heteroatoms. The Morgan fingerprint density at radius 2 is 2.00 bits per heavy atom. The highest BCUT2D eigenvalue weighted by molar-refractivity contribution is 5.93. The fourth-order valence-corrected chi connectivity index (χ4v) is 4.32. The summed E-state index contributed by atoms with van der Waals surface area (Å²) in [5.74, 6) is 0.960. The molecule has 0 radical (unpaired) electrons. The van der Waals surface area contributed by atoms with Crippen LogP contribution in [0.3, 0.4) is 0 Å². The molecule has 9 nitrogen and oxygen atoms in total. The molecule has 2 aliphatic heterocycles. The molecule has 2 aliphatic rings. The number of anilines is 2. The fraction of sp³-hybridized carbons (Fsp3) is 0.455. The molecule has 164 valence electrons. The van der Waals surface area contributed by atoms with Gasteiger partial charge in [-0.2, -0.15) is 0 Å². The van der Waals surface area contributed by atoms with Crippen LogP contribution in [-0.2, 0) is 4.74 Å². The minimum absolute atomic E-state index is 0.0403. The first-order valence-corrected chi connectivity index (χ1v) is 10.6. The van der Waals surface area contributed by atoms with Gasteiger partial charge in [-0.05, 0) is 43.0 Å². The average Bonchev–Trinajstić information content (AvgIpc) is 3.16. The van der Waals surface area contributed by atoms with Crippen LogP contribution in [0.5, 0.6) is 0 Å². The normalized spacial score (nSPS) is 21.8. The van der Waals surface area contributed by atoms with E-state index in [0.29, 0.717) is 37.0 Å². The summed E-state index contributed by atoms with van der Waals surface area (Å²) in [7, 11) is 0. The number of carbonyl (C=O) groups is 1. The number of hydrogen-bond acceptors (Lipinski definition) is 7. The lowest BCUT2D eigenvalue weighted by atomic mass is 9.97. The summed E-state index contributed by atoms with van der Waals surface area (Å²) < 4.78 is 5.41. The van der Waals surface area contributed by atoms with Gasteiger partial charge in [0.2, 0.25) is 5.91 Å². The van der Waals surface area contributed by atoms with E-state index in [0.717, 1.165) is 31.3 Å². The van der Waals surface area contributed by atoms with Gasteiger partial charge in [-0.25, -0.2) is 4.98 Å². The Morgan fingerprint density at radius 1 is 1.29 bits per heavy atom. The summed E-state index contributed by atoms with van der Waals surface area (Å²) in [6, 6.07) is 7.41. The quantitative estimate of drug-likeness (QED) is 0.521. The highest BCUT2D eigenvalue weighted by Crippen LogP contribution is 2.34. The second-order valence-electron chi connectivity index (χ2n) is 8.29. The van der Waals surface area contributed by atoms with Crippen LogP contribution in [0.1, 0.15) is 47.4 Å². The minimum atomic E-state index is -0.447. The predicted molar refractivity (Wildman–Crippen MR) is 119 cm³/mol. The van der Waals surface area contributed by atoms with Crippen LogP contribution in [0, 0.1) is 11.3 Å². The maximum absolute atomic E-state index is 12.7. The van der Waals surface area contributed by atoms with E-state index in [9.17, 15) is 9.59 Å². The summed E-state index contributed by atoms with van der Waals surface area (Å²) in [4.78, 5) is 33.9. The third-order valence-corrected chi connectivity index (χ3v) is 6.16. The maximum atomic E-state index is 12.7. The van der Waals surface area contributed by atoms with Crippen molar-refractivity contribution in [2.24, 2.45) is 11.7 Å². The van der Waals surface area contributed by atoms with Crippen molar-refractivity contribution < 1.29 is 9.53 Å². The molecule has 31 heavy (non-hydrogen) atoms. The number of amides is 1. The van der Waals surface area contributed by atoms with Crippen molar-refractivity contribution in [3.8, 4) is 0 Å². The molecule has 2 atom stereocenters. The molecule has 2 fully saturated rings. The van der Waals surface area contributed by atoms with Crippen molar-refractivity contribution >= 4 is 23.6 Å². The number of aromatic amines is 1. The van der Waals surface area contributed by atoms with E-state index >= 15 is 0 Å². The zero-order valence-corrected chi connectivity index (χ0v) is 17.6. The van der Waals surface area contributed by atoms with Gasteiger partial charge in [0.05, 0.1) is 5.56 Å². The van der Waals surface area contributed by atoms with Crippen LogP contribution < -0.4 is 21.5 Å². The Kier molecular flexibility index (Phi) is 6.03. The number of hydrogen-bond donors (Lipinski definition) is 4. The van der Waals surface area contributed by atoms with Crippen molar-refractivity contribution in [3.05, 3.63) is 51.6 Å². The first kappa shape index (κ1) is 21.0. The Balaban J connectivity index is 1.57. The number of ether oxygens (including phenoxy) is 1. The number of carbonyl (C=O) groups excluding carboxylic acids is 1. The third kappa shape index (κ3) is 4.46. The minimum Gasteiger partial charge on any atom is -0.381 e. The predicted octanol–water partition coefficient (Wildman–Crippen LogP) is 1.70. The first-order valence-electron chi connectivity index (χ1n) is 10.6. The molecule has 0 spiro atoms. The van der Waals surface area contributed by atoms with E-state index in [-0.39, 0.29) is 29.0 Å². The summed E-state index contributed by atoms with van der Waals surface area (Å²) in [6.45, 7) is 4.99. The first-order chi connectivity index (χ1) is 15.0. The molecule has 1 aromatic heterocycles. The molecule has 3 heterocycles. The van der Waals surface area contributed by atoms with Gasteiger partial charge in [-0.1, -0.05) is 6.92 Å². The largest absolute Gasteiger partial charge is 0.381 e. The van der Waals surface area contributed by atoms with E-state index in [1.165, 1.54) is 0 Å². The lowest BCUT2D eigenvalue weighted by Crippen LogP contribution is -2.31. The lowest BCUT2D eigenvalue weighted by molar-refractivity contribution is 0.0903. The van der Waals surface area contributed by atoms with Gasteiger partial charge in [0.25, 0.3) is 5.56 Å². The van der Waals surface area contributed by atoms with E-state index in [1.807, 2.05) is 12.1 Å². The number of benzene rings is 1. The summed E-state index contributed by atoms with van der Waals surface area (Å²) in [6.07, 6.45) is 2.74. The average molecular weight is 425 g/mol. The summed E-state index contributed by atoms with van der Waals surface area (Å²) >= 11 is 0. The van der Waals surface area contributed by atoms with E-state index in [2.05, 4.69) is 22.1 Å².